The number of allylic oxidation sites excluding steroid dienone is 2. The molecule has 0 radical (unpaired) electrons. The molecule has 152 valence electrons. The van der Waals surface area contributed by atoms with Crippen molar-refractivity contribution < 1.29 is 31.1 Å². The third-order valence-electron chi connectivity index (χ3n) is 4.81. The number of nitrogens with zero attached hydrogens (tertiary/aromatic N) is 1. The predicted octanol–water partition coefficient (Wildman–Crippen LogP) is 6.88. The van der Waals surface area contributed by atoms with Crippen LogP contribution in [0.1, 0.15) is 22.6 Å². The van der Waals surface area contributed by atoms with Crippen molar-refractivity contribution in [2.24, 2.45) is 0 Å². The van der Waals surface area contributed by atoms with Gasteiger partial charge in [-0.3, -0.25) is 3.11 Å². The van der Waals surface area contributed by atoms with Crippen molar-refractivity contribution >= 4 is 28.6 Å². The second kappa shape index (κ2) is 6.96. The van der Waals surface area contributed by atoms with Gasteiger partial charge >= 0.3 is 12.4 Å². The lowest BCUT2D eigenvalue weighted by Crippen LogP contribution is -2.31. The number of halogens is 7. The van der Waals surface area contributed by atoms with Gasteiger partial charge in [0, 0.05) is 11.5 Å². The third kappa shape index (κ3) is 3.49. The Bertz CT molecular complexity index is 1010. The fourth-order valence-electron chi connectivity index (χ4n) is 3.55. The fourth-order valence-corrected chi connectivity index (χ4v) is 4.41. The smallest absolute Gasteiger partial charge is 0.419 e. The Morgan fingerprint density at radius 2 is 1.52 bits per heavy atom. The topological polar surface area (TPSA) is 12.5 Å². The van der Waals surface area contributed by atoms with E-state index in [-0.39, 0.29) is 11.4 Å². The summed E-state index contributed by atoms with van der Waals surface area (Å²) in [6.07, 6.45) is -5.17. The molecule has 2 nitrogen and oxygen atoms in total. The van der Waals surface area contributed by atoms with Crippen LogP contribution in [0, 0.1) is 0 Å². The summed E-state index contributed by atoms with van der Waals surface area (Å²) in [7, 11) is 0. The van der Waals surface area contributed by atoms with Crippen molar-refractivity contribution in [1.29, 1.82) is 0 Å². The number of ether oxygens (including phenoxy) is 1. The first-order chi connectivity index (χ1) is 13.6. The van der Waals surface area contributed by atoms with Gasteiger partial charge in [-0.25, -0.2) is 0 Å². The van der Waals surface area contributed by atoms with Crippen LogP contribution < -0.4 is 7.85 Å². The van der Waals surface area contributed by atoms with Crippen LogP contribution in [0.5, 0.6) is 5.75 Å². The van der Waals surface area contributed by atoms with E-state index in [1.165, 1.54) is 27.4 Å². The number of hydrogen-bond donors (Lipinski definition) is 0. The summed E-state index contributed by atoms with van der Waals surface area (Å²) in [6.45, 7) is 0. The van der Waals surface area contributed by atoms with E-state index in [1.54, 1.807) is 47.2 Å². The highest BCUT2D eigenvalue weighted by Crippen LogP contribution is 2.51. The van der Waals surface area contributed by atoms with Gasteiger partial charge in [0.1, 0.15) is 11.9 Å². The molecular weight excluding hydrogens is 511 g/mol. The molecule has 9 heteroatoms. The molecule has 0 N–H and O–H groups in total. The summed E-state index contributed by atoms with van der Waals surface area (Å²) in [5, 5.41) is 0. The van der Waals surface area contributed by atoms with Crippen LogP contribution in [0.2, 0.25) is 0 Å². The van der Waals surface area contributed by atoms with Crippen LogP contribution in [0.25, 0.3) is 0 Å². The summed E-state index contributed by atoms with van der Waals surface area (Å²) in [4.78, 5) is 0. The minimum atomic E-state index is -4.60. The largest absolute Gasteiger partial charge is 0.482 e. The number of hydrogen-bond acceptors (Lipinski definition) is 2. The predicted molar refractivity (Wildman–Crippen MR) is 104 cm³/mol. The lowest BCUT2D eigenvalue weighted by molar-refractivity contribution is -0.139. The van der Waals surface area contributed by atoms with Gasteiger partial charge in [-0.05, 0) is 24.3 Å². The average Bonchev–Trinajstić information content (AvgIpc) is 3.04. The minimum Gasteiger partial charge on any atom is -0.482 e. The van der Waals surface area contributed by atoms with Gasteiger partial charge in [0.25, 0.3) is 0 Å². The molecule has 4 rings (SSSR count). The van der Waals surface area contributed by atoms with E-state index in [2.05, 4.69) is 0 Å². The summed E-state index contributed by atoms with van der Waals surface area (Å²) in [5.41, 5.74) is -1.16. The first-order valence-electron chi connectivity index (χ1n) is 8.46. The summed E-state index contributed by atoms with van der Waals surface area (Å²) in [5.74, 6) is -0.802. The van der Waals surface area contributed by atoms with Gasteiger partial charge in [0.05, 0.1) is 45.4 Å². The van der Waals surface area contributed by atoms with Gasteiger partial charge in [0.2, 0.25) is 0 Å². The Hall–Kier alpha value is -2.17. The van der Waals surface area contributed by atoms with Crippen LogP contribution >= 0.6 is 22.9 Å². The van der Waals surface area contributed by atoms with Gasteiger partial charge in [-0.15, -0.1) is 0 Å². The molecule has 2 unspecified atom stereocenters. The Balaban J connectivity index is 1.74. The zero-order valence-electron chi connectivity index (χ0n) is 14.4. The number of para-hydroxylation sites is 2. The Labute approximate surface area is 176 Å². The van der Waals surface area contributed by atoms with Gasteiger partial charge < -0.3 is 4.74 Å². The van der Waals surface area contributed by atoms with E-state index in [4.69, 9.17) is 4.74 Å². The van der Waals surface area contributed by atoms with Crippen molar-refractivity contribution in [3.63, 3.8) is 0 Å². The number of fused-ring (bicyclic) bond motifs is 3. The summed E-state index contributed by atoms with van der Waals surface area (Å²) in [6, 6.07) is 8.81. The molecule has 2 aromatic rings. The average molecular weight is 523 g/mol. The van der Waals surface area contributed by atoms with E-state index in [0.717, 1.165) is 12.1 Å². The summed E-state index contributed by atoms with van der Waals surface area (Å²) < 4.78 is 87.4. The number of benzene rings is 2. The van der Waals surface area contributed by atoms with Crippen LogP contribution in [0.15, 0.2) is 66.4 Å². The van der Waals surface area contributed by atoms with Gasteiger partial charge in [-0.2, -0.15) is 26.3 Å². The highest BCUT2D eigenvalue weighted by Gasteiger charge is 2.45. The molecule has 0 bridgehead atoms. The normalized spacial score (nSPS) is 20.6. The molecule has 1 aliphatic carbocycles. The molecule has 2 aliphatic rings. The standard InChI is InChI=1S/C20H12F6INO/c21-19(22,23)13-7-1-2-9-15(13)28(27)16-10-4-6-12-11-5-3-8-14(20(24,25)26)17(11)29-18(12)16/h1-10,12,18H. The maximum atomic E-state index is 13.4. The monoisotopic (exact) mass is 523 g/mol. The van der Waals surface area contributed by atoms with Crippen LogP contribution in [-0.2, 0) is 12.4 Å². The fraction of sp³-hybridized carbons (Fsp3) is 0.200. The zero-order valence-corrected chi connectivity index (χ0v) is 16.6. The first-order valence-corrected chi connectivity index (χ1v) is 9.43. The molecule has 0 aromatic heterocycles. The Morgan fingerprint density at radius 1 is 0.862 bits per heavy atom. The van der Waals surface area contributed by atoms with Crippen molar-refractivity contribution in [3.05, 3.63) is 83.1 Å². The lowest BCUT2D eigenvalue weighted by Gasteiger charge is -2.30. The van der Waals surface area contributed by atoms with E-state index in [1.807, 2.05) is 0 Å². The molecule has 0 amide bonds. The third-order valence-corrected chi connectivity index (χ3v) is 5.88. The molecule has 2 aromatic carbocycles. The van der Waals surface area contributed by atoms with Crippen molar-refractivity contribution in [1.82, 2.24) is 0 Å². The van der Waals surface area contributed by atoms with E-state index in [0.29, 0.717) is 11.3 Å². The number of alkyl halides is 6. The molecule has 1 aliphatic heterocycles. The maximum absolute atomic E-state index is 13.4. The second-order valence-corrected chi connectivity index (χ2v) is 7.52. The highest BCUT2D eigenvalue weighted by molar-refractivity contribution is 14.1. The molecule has 0 fully saturated rings. The molecule has 29 heavy (non-hydrogen) atoms. The number of rotatable bonds is 2. The minimum absolute atomic E-state index is 0.114. The molecule has 0 saturated carbocycles. The second-order valence-electron chi connectivity index (χ2n) is 6.56. The Kier molecular flexibility index (Phi) is 4.83. The van der Waals surface area contributed by atoms with Crippen molar-refractivity contribution in [2.75, 3.05) is 3.11 Å². The van der Waals surface area contributed by atoms with E-state index < -0.39 is 35.5 Å². The molecule has 0 spiro atoms. The number of anilines is 1. The van der Waals surface area contributed by atoms with Gasteiger partial charge in [-0.1, -0.05) is 36.4 Å². The molecular formula is C20H12F6INO. The zero-order chi connectivity index (χ0) is 21.0. The van der Waals surface area contributed by atoms with Crippen molar-refractivity contribution in [2.45, 2.75) is 24.4 Å². The summed E-state index contributed by atoms with van der Waals surface area (Å²) >= 11 is 1.72. The lowest BCUT2D eigenvalue weighted by atomic mass is 9.89. The van der Waals surface area contributed by atoms with Crippen molar-refractivity contribution in [3.8, 4) is 5.75 Å². The molecule has 1 heterocycles. The molecule has 0 saturated heterocycles. The molecule has 2 atom stereocenters. The highest BCUT2D eigenvalue weighted by atomic mass is 127. The van der Waals surface area contributed by atoms with E-state index in [9.17, 15) is 26.3 Å². The first kappa shape index (κ1) is 20.1. The van der Waals surface area contributed by atoms with Gasteiger partial charge in [0.15, 0.2) is 0 Å². The van der Waals surface area contributed by atoms with Crippen LogP contribution in [-0.4, -0.2) is 6.10 Å². The van der Waals surface area contributed by atoms with Crippen LogP contribution in [0.4, 0.5) is 32.0 Å². The Morgan fingerprint density at radius 3 is 2.21 bits per heavy atom. The van der Waals surface area contributed by atoms with E-state index >= 15 is 0 Å². The van der Waals surface area contributed by atoms with Crippen LogP contribution in [0.3, 0.4) is 0 Å². The SMILES string of the molecule is FC(F)(F)c1ccccc1N(I)C1=CC=CC2c3cccc(C(F)(F)F)c3OC12. The quantitative estimate of drug-likeness (QED) is 0.242. The maximum Gasteiger partial charge on any atom is 0.419 e.